The Hall–Kier alpha value is -2.23. The minimum Gasteiger partial charge on any atom is -0.619 e. The Morgan fingerprint density at radius 2 is 1.50 bits per heavy atom. The minimum absolute atomic E-state index is 0.236. The second-order valence-corrected chi connectivity index (χ2v) is 3.28. The van der Waals surface area contributed by atoms with Crippen LogP contribution in [0.5, 0.6) is 0 Å². The predicted octanol–water partition coefficient (Wildman–Crippen LogP) is 1.69. The number of carbonyl (C=O) groups is 1. The largest absolute Gasteiger partial charge is 0.619 e. The molecule has 3 nitrogen and oxygen atoms in total. The normalized spacial score (nSPS) is 10.1. The van der Waals surface area contributed by atoms with Crippen molar-refractivity contribution >= 4 is 5.78 Å². The summed E-state index contributed by atoms with van der Waals surface area (Å²) in [5.41, 5.74) is 0.795. The first-order valence-corrected chi connectivity index (χ1v) is 4.66. The molecule has 0 amide bonds. The zero-order valence-corrected chi connectivity index (χ0v) is 8.26. The molecule has 0 spiro atoms. The van der Waals surface area contributed by atoms with Gasteiger partial charge in [-0.1, -0.05) is 0 Å². The highest BCUT2D eigenvalue weighted by Crippen LogP contribution is 2.09. The van der Waals surface area contributed by atoms with Crippen LogP contribution in [0.1, 0.15) is 15.9 Å². The molecule has 0 aliphatic rings. The van der Waals surface area contributed by atoms with Crippen molar-refractivity contribution in [2.75, 3.05) is 0 Å². The lowest BCUT2D eigenvalue weighted by Gasteiger charge is -2.00. The van der Waals surface area contributed by atoms with Crippen molar-refractivity contribution < 1.29 is 13.9 Å². The van der Waals surface area contributed by atoms with Gasteiger partial charge in [0.1, 0.15) is 5.82 Å². The van der Waals surface area contributed by atoms with E-state index >= 15 is 0 Å². The Labute approximate surface area is 91.4 Å². The zero-order chi connectivity index (χ0) is 11.5. The summed E-state index contributed by atoms with van der Waals surface area (Å²) in [5.74, 6) is -0.623. The van der Waals surface area contributed by atoms with Gasteiger partial charge < -0.3 is 5.21 Å². The lowest BCUT2D eigenvalue weighted by atomic mass is 10.0. The third-order valence-electron chi connectivity index (χ3n) is 2.17. The monoisotopic (exact) mass is 217 g/mol. The summed E-state index contributed by atoms with van der Waals surface area (Å²) in [6.45, 7) is 0. The SMILES string of the molecule is O=C(c1ccc(F)cc1)c1cc[n+]([O-])cc1. The number of ketones is 1. The van der Waals surface area contributed by atoms with Crippen LogP contribution in [0, 0.1) is 11.0 Å². The summed E-state index contributed by atoms with van der Waals surface area (Å²) in [6, 6.07) is 8.14. The second-order valence-electron chi connectivity index (χ2n) is 3.28. The van der Waals surface area contributed by atoms with Gasteiger partial charge in [0.2, 0.25) is 0 Å². The molecule has 1 aromatic carbocycles. The Morgan fingerprint density at radius 3 is 2.06 bits per heavy atom. The topological polar surface area (TPSA) is 44.0 Å². The quantitative estimate of drug-likeness (QED) is 0.436. The first kappa shape index (κ1) is 10.3. The van der Waals surface area contributed by atoms with E-state index in [9.17, 15) is 14.4 Å². The molecular formula is C12H8FNO2. The van der Waals surface area contributed by atoms with Crippen LogP contribution >= 0.6 is 0 Å². The fraction of sp³-hybridized carbons (Fsp3) is 0. The van der Waals surface area contributed by atoms with Crippen molar-refractivity contribution in [1.82, 2.24) is 0 Å². The molecule has 0 bridgehead atoms. The maximum Gasteiger partial charge on any atom is 0.193 e. The van der Waals surface area contributed by atoms with Crippen LogP contribution in [0.2, 0.25) is 0 Å². The number of halogens is 1. The van der Waals surface area contributed by atoms with Gasteiger partial charge in [0.05, 0.1) is 0 Å². The molecule has 4 heteroatoms. The molecule has 0 N–H and O–H groups in total. The van der Waals surface area contributed by atoms with Crippen LogP contribution in [0.4, 0.5) is 4.39 Å². The smallest absolute Gasteiger partial charge is 0.193 e. The van der Waals surface area contributed by atoms with E-state index in [1.807, 2.05) is 0 Å². The molecule has 0 radical (unpaired) electrons. The van der Waals surface area contributed by atoms with Gasteiger partial charge in [-0.15, -0.1) is 0 Å². The highest BCUT2D eigenvalue weighted by Gasteiger charge is 2.09. The lowest BCUT2D eigenvalue weighted by molar-refractivity contribution is -0.605. The van der Waals surface area contributed by atoms with Gasteiger partial charge in [0, 0.05) is 23.3 Å². The molecule has 2 rings (SSSR count). The molecule has 16 heavy (non-hydrogen) atoms. The number of hydrogen-bond donors (Lipinski definition) is 0. The Bertz CT molecular complexity index is 458. The Kier molecular flexibility index (Phi) is 2.64. The van der Waals surface area contributed by atoms with Crippen LogP contribution in [-0.2, 0) is 0 Å². The van der Waals surface area contributed by atoms with Gasteiger partial charge in [-0.2, -0.15) is 4.73 Å². The lowest BCUT2D eigenvalue weighted by Crippen LogP contribution is -2.24. The highest BCUT2D eigenvalue weighted by molar-refractivity contribution is 6.08. The summed E-state index contributed by atoms with van der Waals surface area (Å²) in [5, 5.41) is 10.8. The number of hydrogen-bond acceptors (Lipinski definition) is 2. The second kappa shape index (κ2) is 4.10. The molecule has 0 saturated heterocycles. The van der Waals surface area contributed by atoms with E-state index in [1.54, 1.807) is 0 Å². The van der Waals surface area contributed by atoms with E-state index in [0.29, 0.717) is 15.9 Å². The zero-order valence-electron chi connectivity index (χ0n) is 8.26. The third-order valence-corrected chi connectivity index (χ3v) is 2.17. The molecule has 0 aliphatic heterocycles. The van der Waals surface area contributed by atoms with Crippen molar-refractivity contribution in [2.24, 2.45) is 0 Å². The standard InChI is InChI=1S/C12H8FNO2/c13-11-3-1-9(2-4-11)12(15)10-5-7-14(16)8-6-10/h1-8H. The maximum atomic E-state index is 12.6. The summed E-state index contributed by atoms with van der Waals surface area (Å²) < 4.78 is 13.2. The van der Waals surface area contributed by atoms with E-state index in [4.69, 9.17) is 0 Å². The van der Waals surface area contributed by atoms with Gasteiger partial charge in [0.15, 0.2) is 18.2 Å². The predicted molar refractivity (Wildman–Crippen MR) is 55.2 cm³/mol. The number of pyridine rings is 1. The number of carbonyl (C=O) groups excluding carboxylic acids is 1. The van der Waals surface area contributed by atoms with E-state index in [2.05, 4.69) is 0 Å². The molecule has 0 aliphatic carbocycles. The molecule has 0 saturated carbocycles. The van der Waals surface area contributed by atoms with Crippen LogP contribution in [0.15, 0.2) is 48.8 Å². The first-order chi connectivity index (χ1) is 7.66. The van der Waals surface area contributed by atoms with Crippen molar-refractivity contribution in [2.45, 2.75) is 0 Å². The van der Waals surface area contributed by atoms with Crippen molar-refractivity contribution in [3.8, 4) is 0 Å². The molecule has 0 unspecified atom stereocenters. The van der Waals surface area contributed by atoms with Crippen molar-refractivity contribution in [1.29, 1.82) is 0 Å². The number of nitrogens with zero attached hydrogens (tertiary/aromatic N) is 1. The van der Waals surface area contributed by atoms with Gasteiger partial charge >= 0.3 is 0 Å². The first-order valence-electron chi connectivity index (χ1n) is 4.66. The maximum absolute atomic E-state index is 12.6. The molecule has 0 fully saturated rings. The molecule has 2 aromatic rings. The average molecular weight is 217 g/mol. The molecule has 1 aromatic heterocycles. The van der Waals surface area contributed by atoms with Gasteiger partial charge in [-0.3, -0.25) is 4.79 Å². The van der Waals surface area contributed by atoms with Crippen LogP contribution in [-0.4, -0.2) is 5.78 Å². The molecule has 80 valence electrons. The van der Waals surface area contributed by atoms with E-state index in [1.165, 1.54) is 48.8 Å². The minimum atomic E-state index is -0.387. The van der Waals surface area contributed by atoms with E-state index < -0.39 is 0 Å². The molecule has 1 heterocycles. The Balaban J connectivity index is 2.32. The van der Waals surface area contributed by atoms with Crippen LogP contribution < -0.4 is 4.73 Å². The van der Waals surface area contributed by atoms with E-state index in [0.717, 1.165) is 0 Å². The Morgan fingerprint density at radius 1 is 1.00 bits per heavy atom. The van der Waals surface area contributed by atoms with Gasteiger partial charge in [-0.05, 0) is 24.3 Å². The molecule has 0 atom stereocenters. The van der Waals surface area contributed by atoms with Crippen molar-refractivity contribution in [3.05, 3.63) is 70.9 Å². The summed E-state index contributed by atoms with van der Waals surface area (Å²) in [6.07, 6.45) is 2.49. The summed E-state index contributed by atoms with van der Waals surface area (Å²) in [4.78, 5) is 11.8. The number of rotatable bonds is 2. The van der Waals surface area contributed by atoms with Crippen molar-refractivity contribution in [3.63, 3.8) is 0 Å². The molecular weight excluding hydrogens is 209 g/mol. The fourth-order valence-electron chi connectivity index (χ4n) is 1.33. The van der Waals surface area contributed by atoms with Gasteiger partial charge in [0.25, 0.3) is 0 Å². The third kappa shape index (κ3) is 2.06. The number of aromatic nitrogens is 1. The van der Waals surface area contributed by atoms with E-state index in [-0.39, 0.29) is 11.6 Å². The highest BCUT2D eigenvalue weighted by atomic mass is 19.1. The van der Waals surface area contributed by atoms with Crippen LogP contribution in [0.25, 0.3) is 0 Å². The summed E-state index contributed by atoms with van der Waals surface area (Å²) >= 11 is 0. The number of benzene rings is 1. The fourth-order valence-corrected chi connectivity index (χ4v) is 1.33. The summed E-state index contributed by atoms with van der Waals surface area (Å²) in [7, 11) is 0. The average Bonchev–Trinajstić information content (AvgIpc) is 2.30. The van der Waals surface area contributed by atoms with Crippen LogP contribution in [0.3, 0.4) is 0 Å². The van der Waals surface area contributed by atoms with Gasteiger partial charge in [-0.25, -0.2) is 4.39 Å².